The highest BCUT2D eigenvalue weighted by atomic mass is 16.2. The van der Waals surface area contributed by atoms with Crippen molar-refractivity contribution in [2.45, 2.75) is 12.8 Å². The van der Waals surface area contributed by atoms with Gasteiger partial charge < -0.3 is 10.2 Å². The van der Waals surface area contributed by atoms with E-state index in [2.05, 4.69) is 11.9 Å². The number of fused-ring (bicyclic) bond motifs is 1. The largest absolute Gasteiger partial charge is 0.339 e. The summed E-state index contributed by atoms with van der Waals surface area (Å²) in [5, 5.41) is 2.92. The maximum absolute atomic E-state index is 13.0. The molecule has 1 saturated heterocycles. The van der Waals surface area contributed by atoms with Gasteiger partial charge >= 0.3 is 0 Å². The molecule has 0 aromatic heterocycles. The van der Waals surface area contributed by atoms with Gasteiger partial charge in [0.25, 0.3) is 17.7 Å². The Morgan fingerprint density at radius 2 is 1.68 bits per heavy atom. The zero-order valence-electron chi connectivity index (χ0n) is 17.0. The topological polar surface area (TPSA) is 86.8 Å². The summed E-state index contributed by atoms with van der Waals surface area (Å²) >= 11 is 0. The number of hydrogen-bond acceptors (Lipinski definition) is 4. The van der Waals surface area contributed by atoms with Crippen LogP contribution in [0.15, 0.2) is 61.2 Å². The number of para-hydroxylation sites is 1. The molecule has 0 unspecified atom stereocenters. The lowest BCUT2D eigenvalue weighted by atomic mass is 9.95. The third kappa shape index (κ3) is 3.99. The van der Waals surface area contributed by atoms with E-state index in [-0.39, 0.29) is 35.7 Å². The maximum Gasteiger partial charge on any atom is 0.261 e. The molecule has 4 rings (SSSR count). The average Bonchev–Trinajstić information content (AvgIpc) is 3.04. The van der Waals surface area contributed by atoms with Crippen molar-refractivity contribution in [3.05, 3.63) is 77.9 Å². The Kier molecular flexibility index (Phi) is 5.66. The summed E-state index contributed by atoms with van der Waals surface area (Å²) < 4.78 is 0. The van der Waals surface area contributed by atoms with Gasteiger partial charge in [-0.1, -0.05) is 24.3 Å². The molecule has 2 aliphatic rings. The number of likely N-dealkylation sites (tertiary alicyclic amines) is 1. The number of anilines is 1. The molecule has 2 aliphatic heterocycles. The third-order valence-corrected chi connectivity index (χ3v) is 5.72. The Labute approximate surface area is 180 Å². The molecule has 0 atom stereocenters. The number of benzene rings is 2. The Hall–Kier alpha value is -3.74. The number of rotatable bonds is 5. The lowest BCUT2D eigenvalue weighted by molar-refractivity contribution is -0.121. The van der Waals surface area contributed by atoms with E-state index in [1.165, 1.54) is 18.2 Å². The fourth-order valence-corrected chi connectivity index (χ4v) is 4.01. The summed E-state index contributed by atoms with van der Waals surface area (Å²) in [6.07, 6.45) is 2.63. The first kappa shape index (κ1) is 20.5. The van der Waals surface area contributed by atoms with Gasteiger partial charge in [0.05, 0.1) is 11.1 Å². The van der Waals surface area contributed by atoms with Gasteiger partial charge in [0.15, 0.2) is 0 Å². The molecular weight excluding hydrogens is 394 g/mol. The number of carbonyl (C=O) groups excluding carboxylic acids is 4. The minimum atomic E-state index is -0.411. The minimum Gasteiger partial charge on any atom is -0.339 e. The average molecular weight is 417 g/mol. The van der Waals surface area contributed by atoms with Crippen LogP contribution in [0.3, 0.4) is 0 Å². The van der Waals surface area contributed by atoms with E-state index in [4.69, 9.17) is 0 Å². The van der Waals surface area contributed by atoms with Crippen molar-refractivity contribution in [1.82, 2.24) is 9.80 Å². The molecule has 2 heterocycles. The second-order valence-electron chi connectivity index (χ2n) is 7.69. The van der Waals surface area contributed by atoms with E-state index in [1.807, 2.05) is 30.3 Å². The van der Waals surface area contributed by atoms with E-state index in [9.17, 15) is 19.2 Å². The first-order valence-corrected chi connectivity index (χ1v) is 10.3. The highest BCUT2D eigenvalue weighted by Crippen LogP contribution is 2.26. The van der Waals surface area contributed by atoms with Crippen molar-refractivity contribution >= 4 is 29.3 Å². The van der Waals surface area contributed by atoms with Crippen LogP contribution < -0.4 is 5.32 Å². The quantitative estimate of drug-likeness (QED) is 0.599. The SMILES string of the molecule is C=CCN1C(=O)c2ccc(C(=O)N3CCC(C(=O)Nc4ccccc4)CC3)cc2C1=O. The van der Waals surface area contributed by atoms with Crippen molar-refractivity contribution in [2.75, 3.05) is 25.0 Å². The van der Waals surface area contributed by atoms with Crippen LogP contribution in [-0.4, -0.2) is 53.1 Å². The molecule has 1 N–H and O–H groups in total. The van der Waals surface area contributed by atoms with Gasteiger partial charge in [-0.25, -0.2) is 0 Å². The Balaban J connectivity index is 1.40. The van der Waals surface area contributed by atoms with Crippen LogP contribution in [0.25, 0.3) is 0 Å². The second-order valence-corrected chi connectivity index (χ2v) is 7.69. The van der Waals surface area contributed by atoms with Crippen LogP contribution in [0.4, 0.5) is 5.69 Å². The van der Waals surface area contributed by atoms with Crippen LogP contribution in [0.1, 0.15) is 43.9 Å². The summed E-state index contributed by atoms with van der Waals surface area (Å²) in [6, 6.07) is 13.9. The molecule has 2 aromatic carbocycles. The number of hydrogen-bond donors (Lipinski definition) is 1. The van der Waals surface area contributed by atoms with Gasteiger partial charge in [-0.2, -0.15) is 0 Å². The summed E-state index contributed by atoms with van der Waals surface area (Å²) in [6.45, 7) is 4.62. The molecule has 0 spiro atoms. The van der Waals surface area contributed by atoms with E-state index in [0.717, 1.165) is 10.6 Å². The second kappa shape index (κ2) is 8.55. The van der Waals surface area contributed by atoms with E-state index in [1.54, 1.807) is 11.0 Å². The smallest absolute Gasteiger partial charge is 0.261 e. The van der Waals surface area contributed by atoms with Crippen LogP contribution in [0.5, 0.6) is 0 Å². The Morgan fingerprint density at radius 1 is 1.00 bits per heavy atom. The van der Waals surface area contributed by atoms with Crippen molar-refractivity contribution < 1.29 is 19.2 Å². The van der Waals surface area contributed by atoms with Crippen LogP contribution in [-0.2, 0) is 4.79 Å². The zero-order chi connectivity index (χ0) is 22.0. The molecule has 0 aliphatic carbocycles. The lowest BCUT2D eigenvalue weighted by Crippen LogP contribution is -2.41. The predicted octanol–water partition coefficient (Wildman–Crippen LogP) is 2.96. The van der Waals surface area contributed by atoms with E-state index < -0.39 is 5.91 Å². The molecule has 2 aromatic rings. The van der Waals surface area contributed by atoms with Gasteiger partial charge in [-0.3, -0.25) is 24.1 Å². The van der Waals surface area contributed by atoms with Gasteiger partial charge in [0, 0.05) is 36.8 Å². The number of carbonyl (C=O) groups is 4. The summed E-state index contributed by atoms with van der Waals surface area (Å²) in [5.41, 5.74) is 1.68. The summed E-state index contributed by atoms with van der Waals surface area (Å²) in [5.74, 6) is -1.18. The zero-order valence-corrected chi connectivity index (χ0v) is 17.0. The highest BCUT2D eigenvalue weighted by molar-refractivity contribution is 6.22. The minimum absolute atomic E-state index is 0.0396. The van der Waals surface area contributed by atoms with Crippen LogP contribution in [0.2, 0.25) is 0 Å². The highest BCUT2D eigenvalue weighted by Gasteiger charge is 2.36. The first-order valence-electron chi connectivity index (χ1n) is 10.3. The molecule has 31 heavy (non-hydrogen) atoms. The van der Waals surface area contributed by atoms with Crippen molar-refractivity contribution in [1.29, 1.82) is 0 Å². The molecule has 0 saturated carbocycles. The standard InChI is InChI=1S/C24H23N3O4/c1-2-12-27-23(30)19-9-8-17(15-20(19)24(27)31)22(29)26-13-10-16(11-14-26)21(28)25-18-6-4-3-5-7-18/h2-9,15-16H,1,10-14H2,(H,25,28). The number of amides is 4. The van der Waals surface area contributed by atoms with E-state index in [0.29, 0.717) is 37.1 Å². The van der Waals surface area contributed by atoms with Gasteiger partial charge in [0.2, 0.25) is 5.91 Å². The first-order chi connectivity index (χ1) is 15.0. The van der Waals surface area contributed by atoms with E-state index >= 15 is 0 Å². The lowest BCUT2D eigenvalue weighted by Gasteiger charge is -2.31. The number of imide groups is 1. The van der Waals surface area contributed by atoms with Crippen molar-refractivity contribution in [3.8, 4) is 0 Å². The normalized spacial score (nSPS) is 16.3. The number of nitrogens with zero attached hydrogens (tertiary/aromatic N) is 2. The number of piperidine rings is 1. The summed E-state index contributed by atoms with van der Waals surface area (Å²) in [7, 11) is 0. The molecule has 7 heteroatoms. The molecule has 0 radical (unpaired) electrons. The maximum atomic E-state index is 13.0. The Morgan fingerprint density at radius 3 is 2.35 bits per heavy atom. The van der Waals surface area contributed by atoms with Crippen molar-refractivity contribution in [3.63, 3.8) is 0 Å². The monoisotopic (exact) mass is 417 g/mol. The molecule has 0 bridgehead atoms. The molecular formula is C24H23N3O4. The molecule has 1 fully saturated rings. The van der Waals surface area contributed by atoms with Crippen LogP contribution >= 0.6 is 0 Å². The summed E-state index contributed by atoms with van der Waals surface area (Å²) in [4.78, 5) is 53.1. The molecule has 158 valence electrons. The van der Waals surface area contributed by atoms with Gasteiger partial charge in [-0.15, -0.1) is 6.58 Å². The molecule has 4 amide bonds. The van der Waals surface area contributed by atoms with Gasteiger partial charge in [-0.05, 0) is 43.2 Å². The Bertz CT molecular complexity index is 1060. The van der Waals surface area contributed by atoms with Crippen molar-refractivity contribution in [2.24, 2.45) is 5.92 Å². The predicted molar refractivity (Wildman–Crippen MR) is 116 cm³/mol. The number of nitrogens with one attached hydrogen (secondary N) is 1. The molecule has 7 nitrogen and oxygen atoms in total. The van der Waals surface area contributed by atoms with Crippen LogP contribution in [0, 0.1) is 5.92 Å². The fourth-order valence-electron chi connectivity index (χ4n) is 4.01. The third-order valence-electron chi connectivity index (χ3n) is 5.72. The fraction of sp³-hybridized carbons (Fsp3) is 0.250. The van der Waals surface area contributed by atoms with Gasteiger partial charge in [0.1, 0.15) is 0 Å².